The van der Waals surface area contributed by atoms with Crippen molar-refractivity contribution in [3.8, 4) is 0 Å². The zero-order chi connectivity index (χ0) is 14.2. The van der Waals surface area contributed by atoms with E-state index in [2.05, 4.69) is 0 Å². The summed E-state index contributed by atoms with van der Waals surface area (Å²) >= 11 is 5.90. The molecule has 1 aliphatic carbocycles. The second-order valence-electron chi connectivity index (χ2n) is 4.99. The van der Waals surface area contributed by atoms with Gasteiger partial charge in [0.25, 0.3) is 0 Å². The lowest BCUT2D eigenvalue weighted by atomic mass is 9.94. The van der Waals surface area contributed by atoms with E-state index >= 15 is 0 Å². The largest absolute Gasteiger partial charge is 0.481 e. The highest BCUT2D eigenvalue weighted by Crippen LogP contribution is 2.35. The lowest BCUT2D eigenvalue weighted by Crippen LogP contribution is -2.15. The molecule has 1 aromatic carbocycles. The van der Waals surface area contributed by atoms with Crippen LogP contribution in [0.4, 0.5) is 4.39 Å². The van der Waals surface area contributed by atoms with Crippen LogP contribution in [0.5, 0.6) is 0 Å². The molecule has 2 atom stereocenters. The van der Waals surface area contributed by atoms with E-state index in [0.717, 1.165) is 6.07 Å². The van der Waals surface area contributed by atoms with E-state index in [0.29, 0.717) is 24.8 Å². The molecule has 1 aliphatic rings. The zero-order valence-electron chi connectivity index (χ0n) is 10.5. The molecule has 0 amide bonds. The van der Waals surface area contributed by atoms with Crippen molar-refractivity contribution in [1.29, 1.82) is 0 Å². The molecule has 1 fully saturated rings. The van der Waals surface area contributed by atoms with Gasteiger partial charge in [0.05, 0.1) is 10.9 Å². The zero-order valence-corrected chi connectivity index (χ0v) is 11.2. The molecule has 19 heavy (non-hydrogen) atoms. The van der Waals surface area contributed by atoms with Crippen molar-refractivity contribution in [3.63, 3.8) is 0 Å². The fourth-order valence-corrected chi connectivity index (χ4v) is 2.75. The van der Waals surface area contributed by atoms with Gasteiger partial charge in [0.2, 0.25) is 0 Å². The topological polar surface area (TPSA) is 54.4 Å². The van der Waals surface area contributed by atoms with Crippen LogP contribution in [0.2, 0.25) is 5.02 Å². The van der Waals surface area contributed by atoms with Gasteiger partial charge in [0.15, 0.2) is 5.78 Å². The molecule has 1 aromatic rings. The number of benzene rings is 1. The Bertz CT molecular complexity index is 542. The number of rotatable bonds is 3. The summed E-state index contributed by atoms with van der Waals surface area (Å²) in [5.74, 6) is -2.29. The first-order chi connectivity index (χ1) is 8.90. The minimum atomic E-state index is -0.864. The molecule has 1 saturated carbocycles. The highest BCUT2D eigenvalue weighted by Gasteiger charge is 2.34. The van der Waals surface area contributed by atoms with Crippen molar-refractivity contribution < 1.29 is 19.1 Å². The number of hydrogen-bond acceptors (Lipinski definition) is 2. The predicted molar refractivity (Wildman–Crippen MR) is 68.9 cm³/mol. The number of halogens is 2. The fraction of sp³-hybridized carbons (Fsp3) is 0.429. The van der Waals surface area contributed by atoms with Crippen LogP contribution in [0.3, 0.4) is 0 Å². The average molecular weight is 285 g/mol. The number of carbonyl (C=O) groups excluding carboxylic acids is 1. The number of carbonyl (C=O) groups is 2. The molecule has 5 heteroatoms. The molecule has 0 aliphatic heterocycles. The molecule has 2 rings (SSSR count). The van der Waals surface area contributed by atoms with Gasteiger partial charge in [-0.15, -0.1) is 0 Å². The van der Waals surface area contributed by atoms with Gasteiger partial charge in [0.1, 0.15) is 5.82 Å². The van der Waals surface area contributed by atoms with Crippen LogP contribution in [0.1, 0.15) is 35.2 Å². The smallest absolute Gasteiger partial charge is 0.306 e. The summed E-state index contributed by atoms with van der Waals surface area (Å²) < 4.78 is 13.3. The highest BCUT2D eigenvalue weighted by atomic mass is 35.5. The number of hydrogen-bond donors (Lipinski definition) is 1. The van der Waals surface area contributed by atoms with Crippen LogP contribution < -0.4 is 0 Å². The van der Waals surface area contributed by atoms with E-state index in [9.17, 15) is 14.0 Å². The summed E-state index contributed by atoms with van der Waals surface area (Å²) in [5, 5.41) is 9.02. The van der Waals surface area contributed by atoms with Gasteiger partial charge in [-0.05, 0) is 43.9 Å². The minimum absolute atomic E-state index is 0.0897. The van der Waals surface area contributed by atoms with E-state index in [1.165, 1.54) is 6.07 Å². The third-order valence-electron chi connectivity index (χ3n) is 3.67. The number of aryl methyl sites for hydroxylation is 1. The summed E-state index contributed by atoms with van der Waals surface area (Å²) in [6.45, 7) is 1.57. The third kappa shape index (κ3) is 2.78. The van der Waals surface area contributed by atoms with Crippen molar-refractivity contribution in [2.24, 2.45) is 11.8 Å². The number of ketones is 1. The number of carboxylic acids is 1. The van der Waals surface area contributed by atoms with E-state index in [1.807, 2.05) is 0 Å². The Kier molecular flexibility index (Phi) is 3.90. The Hall–Kier alpha value is -1.42. The lowest BCUT2D eigenvalue weighted by molar-refractivity contribution is -0.141. The van der Waals surface area contributed by atoms with E-state index in [4.69, 9.17) is 16.7 Å². The maximum absolute atomic E-state index is 13.3. The van der Waals surface area contributed by atoms with Gasteiger partial charge in [-0.1, -0.05) is 11.6 Å². The molecule has 102 valence electrons. The van der Waals surface area contributed by atoms with Crippen LogP contribution in [0.15, 0.2) is 12.1 Å². The molecule has 3 nitrogen and oxygen atoms in total. The number of aliphatic carboxylic acids is 1. The van der Waals surface area contributed by atoms with Gasteiger partial charge >= 0.3 is 5.97 Å². The Morgan fingerprint density at radius 2 is 1.95 bits per heavy atom. The lowest BCUT2D eigenvalue weighted by Gasteiger charge is -2.11. The van der Waals surface area contributed by atoms with Crippen LogP contribution in [-0.4, -0.2) is 16.9 Å². The molecule has 0 aromatic heterocycles. The van der Waals surface area contributed by atoms with Gasteiger partial charge in [0, 0.05) is 11.5 Å². The average Bonchev–Trinajstić information content (AvgIpc) is 2.82. The monoisotopic (exact) mass is 284 g/mol. The van der Waals surface area contributed by atoms with Crippen molar-refractivity contribution in [2.75, 3.05) is 0 Å². The van der Waals surface area contributed by atoms with Crippen LogP contribution in [-0.2, 0) is 4.79 Å². The second-order valence-corrected chi connectivity index (χ2v) is 5.40. The Balaban J connectivity index is 2.22. The first-order valence-electron chi connectivity index (χ1n) is 6.12. The van der Waals surface area contributed by atoms with E-state index in [1.54, 1.807) is 6.92 Å². The molecule has 0 spiro atoms. The molecular formula is C14H14ClFO3. The SMILES string of the molecule is Cc1cc(C(=O)C2CCC(C(=O)O)C2)c(Cl)cc1F. The van der Waals surface area contributed by atoms with Crippen LogP contribution in [0.25, 0.3) is 0 Å². The van der Waals surface area contributed by atoms with E-state index in [-0.39, 0.29) is 22.3 Å². The molecule has 0 heterocycles. The van der Waals surface area contributed by atoms with Gasteiger partial charge in [-0.25, -0.2) is 4.39 Å². The first-order valence-corrected chi connectivity index (χ1v) is 6.50. The summed E-state index contributed by atoms with van der Waals surface area (Å²) in [6.07, 6.45) is 1.38. The highest BCUT2D eigenvalue weighted by molar-refractivity contribution is 6.34. The van der Waals surface area contributed by atoms with Crippen molar-refractivity contribution in [3.05, 3.63) is 34.1 Å². The predicted octanol–water partition coefficient (Wildman–Crippen LogP) is 3.47. The number of carboxylic acid groups (broad SMARTS) is 1. The minimum Gasteiger partial charge on any atom is -0.481 e. The Labute approximate surface area is 115 Å². The van der Waals surface area contributed by atoms with Crippen molar-refractivity contribution in [2.45, 2.75) is 26.2 Å². The second kappa shape index (κ2) is 5.29. The summed E-state index contributed by atoms with van der Waals surface area (Å²) in [6, 6.07) is 2.57. The van der Waals surface area contributed by atoms with Gasteiger partial charge in [-0.2, -0.15) is 0 Å². The maximum atomic E-state index is 13.3. The van der Waals surface area contributed by atoms with Crippen molar-refractivity contribution in [1.82, 2.24) is 0 Å². The summed E-state index contributed by atoms with van der Waals surface area (Å²) in [7, 11) is 0. The number of Topliss-reactive ketones (excluding diaryl/α,β-unsaturated/α-hetero) is 1. The standard InChI is InChI=1S/C14H14ClFO3/c1-7-4-10(11(15)6-12(7)16)13(17)8-2-3-9(5-8)14(18)19/h4,6,8-9H,2-3,5H2,1H3,(H,18,19). The molecule has 1 N–H and O–H groups in total. The van der Waals surface area contributed by atoms with Gasteiger partial charge in [-0.3, -0.25) is 9.59 Å². The molecular weight excluding hydrogens is 271 g/mol. The van der Waals surface area contributed by atoms with Gasteiger partial charge < -0.3 is 5.11 Å². The third-order valence-corrected chi connectivity index (χ3v) is 3.98. The molecule has 2 unspecified atom stereocenters. The maximum Gasteiger partial charge on any atom is 0.306 e. The summed E-state index contributed by atoms with van der Waals surface area (Å²) in [5.41, 5.74) is 0.650. The van der Waals surface area contributed by atoms with Crippen molar-refractivity contribution >= 4 is 23.4 Å². The Morgan fingerprint density at radius 1 is 1.32 bits per heavy atom. The fourth-order valence-electron chi connectivity index (χ4n) is 2.51. The quantitative estimate of drug-likeness (QED) is 0.865. The van der Waals surface area contributed by atoms with E-state index < -0.39 is 17.7 Å². The molecule has 0 saturated heterocycles. The van der Waals surface area contributed by atoms with Crippen LogP contribution in [0, 0.1) is 24.6 Å². The molecule has 0 bridgehead atoms. The Morgan fingerprint density at radius 3 is 2.53 bits per heavy atom. The first kappa shape index (κ1) is 14.0. The van der Waals surface area contributed by atoms with Crippen LogP contribution >= 0.6 is 11.6 Å². The molecule has 0 radical (unpaired) electrons. The normalized spacial score (nSPS) is 22.5. The summed E-state index contributed by atoms with van der Waals surface area (Å²) in [4.78, 5) is 23.2.